The van der Waals surface area contributed by atoms with Crippen molar-refractivity contribution >= 4 is 15.9 Å². The molecule has 0 amide bonds. The summed E-state index contributed by atoms with van der Waals surface area (Å²) in [5, 5.41) is 10.1. The van der Waals surface area contributed by atoms with Gasteiger partial charge < -0.3 is 10.0 Å². The smallest absolute Gasteiger partial charge is 0.0802 e. The summed E-state index contributed by atoms with van der Waals surface area (Å²) in [5.41, 5.74) is 0.993. The number of aliphatic hydroxyl groups is 1. The predicted octanol–water partition coefficient (Wildman–Crippen LogP) is 3.60. The number of aliphatic hydroxyl groups excluding tert-OH is 1. The van der Waals surface area contributed by atoms with Gasteiger partial charge in [-0.2, -0.15) is 0 Å². The summed E-state index contributed by atoms with van der Waals surface area (Å²) in [6.07, 6.45) is 1.60. The summed E-state index contributed by atoms with van der Waals surface area (Å²) in [4.78, 5) is 2.38. The zero-order valence-electron chi connectivity index (χ0n) is 10.7. The second-order valence-electron chi connectivity index (χ2n) is 4.29. The number of hydrogen-bond acceptors (Lipinski definition) is 2. The van der Waals surface area contributed by atoms with E-state index in [1.807, 2.05) is 24.3 Å². The monoisotopic (exact) mass is 299 g/mol. The van der Waals surface area contributed by atoms with Crippen LogP contribution in [0.3, 0.4) is 0 Å². The molecule has 1 unspecified atom stereocenters. The molecule has 2 nitrogen and oxygen atoms in total. The van der Waals surface area contributed by atoms with Crippen LogP contribution in [-0.4, -0.2) is 29.6 Å². The summed E-state index contributed by atoms with van der Waals surface area (Å²) in [5.74, 6) is 0. The molecule has 0 bridgehead atoms. The van der Waals surface area contributed by atoms with Crippen LogP contribution in [0.4, 0.5) is 0 Å². The van der Waals surface area contributed by atoms with Crippen molar-refractivity contribution < 1.29 is 5.11 Å². The van der Waals surface area contributed by atoms with E-state index >= 15 is 0 Å². The molecule has 1 aromatic rings. The van der Waals surface area contributed by atoms with Gasteiger partial charge in [-0.1, -0.05) is 41.9 Å². The molecule has 0 saturated heterocycles. The first-order valence-corrected chi connectivity index (χ1v) is 7.12. The van der Waals surface area contributed by atoms with E-state index in [1.54, 1.807) is 0 Å². The van der Waals surface area contributed by atoms with Crippen LogP contribution >= 0.6 is 15.9 Å². The van der Waals surface area contributed by atoms with Crippen molar-refractivity contribution in [3.8, 4) is 0 Å². The summed E-state index contributed by atoms with van der Waals surface area (Å²) in [6.45, 7) is 7.48. The highest BCUT2D eigenvalue weighted by atomic mass is 79.9. The van der Waals surface area contributed by atoms with E-state index in [9.17, 15) is 5.11 Å². The normalized spacial score (nSPS) is 13.0. The zero-order valence-corrected chi connectivity index (χ0v) is 12.3. The standard InChI is InChI=1S/C14H22BrNO/c1-3-9-16(4-2)10-8-14(17)12-6-5-7-13(15)11-12/h5-7,11,14,17H,3-4,8-10H2,1-2H3. The van der Waals surface area contributed by atoms with Crippen molar-refractivity contribution in [2.75, 3.05) is 19.6 Å². The van der Waals surface area contributed by atoms with Crippen LogP contribution < -0.4 is 0 Å². The van der Waals surface area contributed by atoms with Crippen molar-refractivity contribution in [1.29, 1.82) is 0 Å². The van der Waals surface area contributed by atoms with Gasteiger partial charge >= 0.3 is 0 Å². The van der Waals surface area contributed by atoms with Crippen molar-refractivity contribution in [1.82, 2.24) is 4.90 Å². The minimum Gasteiger partial charge on any atom is -0.388 e. The zero-order chi connectivity index (χ0) is 12.7. The average molecular weight is 300 g/mol. The van der Waals surface area contributed by atoms with Gasteiger partial charge in [0, 0.05) is 11.0 Å². The van der Waals surface area contributed by atoms with Crippen molar-refractivity contribution in [3.05, 3.63) is 34.3 Å². The highest BCUT2D eigenvalue weighted by Crippen LogP contribution is 2.20. The summed E-state index contributed by atoms with van der Waals surface area (Å²) >= 11 is 3.43. The molecule has 0 aromatic heterocycles. The molecule has 0 fully saturated rings. The Morgan fingerprint density at radius 2 is 2.06 bits per heavy atom. The summed E-state index contributed by atoms with van der Waals surface area (Å²) in [7, 11) is 0. The van der Waals surface area contributed by atoms with Crippen molar-refractivity contribution in [2.45, 2.75) is 32.8 Å². The fraction of sp³-hybridized carbons (Fsp3) is 0.571. The summed E-state index contributed by atoms with van der Waals surface area (Å²) in [6, 6.07) is 7.91. The first-order chi connectivity index (χ1) is 8.17. The van der Waals surface area contributed by atoms with E-state index in [0.717, 1.165) is 36.1 Å². The lowest BCUT2D eigenvalue weighted by Crippen LogP contribution is -2.26. The Morgan fingerprint density at radius 1 is 1.29 bits per heavy atom. The number of nitrogens with zero attached hydrogens (tertiary/aromatic N) is 1. The number of hydrogen-bond donors (Lipinski definition) is 1. The molecule has 3 heteroatoms. The maximum atomic E-state index is 10.1. The minimum atomic E-state index is -0.363. The van der Waals surface area contributed by atoms with Gasteiger partial charge in [-0.15, -0.1) is 0 Å². The predicted molar refractivity (Wildman–Crippen MR) is 76.1 cm³/mol. The van der Waals surface area contributed by atoms with E-state index in [0.29, 0.717) is 0 Å². The van der Waals surface area contributed by atoms with Gasteiger partial charge in [0.2, 0.25) is 0 Å². The number of halogens is 1. The highest BCUT2D eigenvalue weighted by molar-refractivity contribution is 9.10. The lowest BCUT2D eigenvalue weighted by atomic mass is 10.1. The third-order valence-electron chi connectivity index (χ3n) is 2.94. The molecule has 96 valence electrons. The SMILES string of the molecule is CCCN(CC)CCC(O)c1cccc(Br)c1. The Balaban J connectivity index is 2.46. The van der Waals surface area contributed by atoms with Crippen LogP contribution in [0, 0.1) is 0 Å². The molecular formula is C14H22BrNO. The van der Waals surface area contributed by atoms with E-state index in [-0.39, 0.29) is 6.10 Å². The van der Waals surface area contributed by atoms with Crippen LogP contribution in [-0.2, 0) is 0 Å². The van der Waals surface area contributed by atoms with Gasteiger partial charge in [0.25, 0.3) is 0 Å². The highest BCUT2D eigenvalue weighted by Gasteiger charge is 2.09. The molecule has 1 aromatic carbocycles. The maximum Gasteiger partial charge on any atom is 0.0802 e. The fourth-order valence-corrected chi connectivity index (χ4v) is 2.35. The molecule has 1 rings (SSSR count). The molecule has 0 radical (unpaired) electrons. The van der Waals surface area contributed by atoms with E-state index in [1.165, 1.54) is 6.42 Å². The Hall–Kier alpha value is -0.380. The lowest BCUT2D eigenvalue weighted by molar-refractivity contribution is 0.143. The third-order valence-corrected chi connectivity index (χ3v) is 3.43. The van der Waals surface area contributed by atoms with Gasteiger partial charge in [-0.3, -0.25) is 0 Å². The number of benzene rings is 1. The first-order valence-electron chi connectivity index (χ1n) is 6.33. The third kappa shape index (κ3) is 5.19. The largest absolute Gasteiger partial charge is 0.388 e. The average Bonchev–Trinajstić information content (AvgIpc) is 2.34. The molecule has 0 saturated carbocycles. The molecule has 0 aliphatic rings. The molecule has 0 aliphatic heterocycles. The summed E-state index contributed by atoms with van der Waals surface area (Å²) < 4.78 is 1.02. The Morgan fingerprint density at radius 3 is 2.65 bits per heavy atom. The maximum absolute atomic E-state index is 10.1. The second kappa shape index (κ2) is 7.85. The van der Waals surface area contributed by atoms with Crippen LogP contribution in [0.25, 0.3) is 0 Å². The Kier molecular flexibility index (Phi) is 6.78. The van der Waals surface area contributed by atoms with Crippen molar-refractivity contribution in [3.63, 3.8) is 0 Å². The molecule has 0 aliphatic carbocycles. The van der Waals surface area contributed by atoms with E-state index < -0.39 is 0 Å². The Bertz CT molecular complexity index is 330. The van der Waals surface area contributed by atoms with Gasteiger partial charge in [0.15, 0.2) is 0 Å². The lowest BCUT2D eigenvalue weighted by Gasteiger charge is -2.21. The van der Waals surface area contributed by atoms with Crippen LogP contribution in [0.2, 0.25) is 0 Å². The molecule has 1 atom stereocenters. The van der Waals surface area contributed by atoms with Crippen LogP contribution in [0.15, 0.2) is 28.7 Å². The molecule has 17 heavy (non-hydrogen) atoms. The quantitative estimate of drug-likeness (QED) is 0.831. The van der Waals surface area contributed by atoms with Gasteiger partial charge in [0.05, 0.1) is 6.10 Å². The van der Waals surface area contributed by atoms with Crippen LogP contribution in [0.1, 0.15) is 38.4 Å². The van der Waals surface area contributed by atoms with E-state index in [4.69, 9.17) is 0 Å². The number of rotatable bonds is 7. The van der Waals surface area contributed by atoms with E-state index in [2.05, 4.69) is 34.7 Å². The molecule has 0 heterocycles. The molecule has 1 N–H and O–H groups in total. The first kappa shape index (κ1) is 14.7. The second-order valence-corrected chi connectivity index (χ2v) is 5.21. The fourth-order valence-electron chi connectivity index (χ4n) is 1.93. The molecular weight excluding hydrogens is 278 g/mol. The topological polar surface area (TPSA) is 23.5 Å². The minimum absolute atomic E-state index is 0.363. The Labute approximate surface area is 113 Å². The van der Waals surface area contributed by atoms with Gasteiger partial charge in [-0.05, 0) is 43.6 Å². The van der Waals surface area contributed by atoms with Crippen LogP contribution in [0.5, 0.6) is 0 Å². The van der Waals surface area contributed by atoms with Crippen molar-refractivity contribution in [2.24, 2.45) is 0 Å². The van der Waals surface area contributed by atoms with Gasteiger partial charge in [-0.25, -0.2) is 0 Å². The molecule has 0 spiro atoms. The van der Waals surface area contributed by atoms with Gasteiger partial charge in [0.1, 0.15) is 0 Å².